The second-order valence-corrected chi connectivity index (χ2v) is 13.4. The van der Waals surface area contributed by atoms with Crippen LogP contribution in [0.2, 0.25) is 0 Å². The van der Waals surface area contributed by atoms with Gasteiger partial charge in [-0.3, -0.25) is 0 Å². The van der Waals surface area contributed by atoms with Gasteiger partial charge >= 0.3 is 5.69 Å². The van der Waals surface area contributed by atoms with E-state index in [0.29, 0.717) is 24.2 Å². The highest BCUT2D eigenvalue weighted by Gasteiger charge is 2.57. The van der Waals surface area contributed by atoms with Gasteiger partial charge in [0.15, 0.2) is 6.29 Å². The maximum absolute atomic E-state index is 12.8. The molecule has 2 heterocycles. The molecule has 3 aromatic carbocycles. The van der Waals surface area contributed by atoms with Crippen molar-refractivity contribution in [2.75, 3.05) is 13.2 Å². The highest BCUT2D eigenvalue weighted by molar-refractivity contribution is 5.37. The molecule has 10 nitrogen and oxygen atoms in total. The molecule has 7 rings (SSSR count). The van der Waals surface area contributed by atoms with E-state index in [0.717, 1.165) is 44.2 Å². The first-order valence-corrected chi connectivity index (χ1v) is 17.1. The minimum Gasteiger partial charge on any atom is -0.488 e. The molecule has 2 fully saturated rings. The summed E-state index contributed by atoms with van der Waals surface area (Å²) < 4.78 is 16.9. The van der Waals surface area contributed by atoms with Crippen molar-refractivity contribution in [2.45, 2.75) is 88.0 Å². The first-order chi connectivity index (χ1) is 23.4. The first-order valence-electron chi connectivity index (χ1n) is 17.1. The van der Waals surface area contributed by atoms with E-state index in [1.807, 2.05) is 54.1 Å². The Kier molecular flexibility index (Phi) is 9.28. The summed E-state index contributed by atoms with van der Waals surface area (Å²) in [5, 5.41) is 19.3. The van der Waals surface area contributed by atoms with Gasteiger partial charge in [0.1, 0.15) is 31.3 Å². The van der Waals surface area contributed by atoms with Crippen LogP contribution >= 0.6 is 0 Å². The average Bonchev–Trinajstić information content (AvgIpc) is 3.41. The largest absolute Gasteiger partial charge is 0.488 e. The van der Waals surface area contributed by atoms with Crippen LogP contribution in [0.3, 0.4) is 0 Å². The van der Waals surface area contributed by atoms with Gasteiger partial charge in [-0.1, -0.05) is 61.5 Å². The van der Waals surface area contributed by atoms with Crippen molar-refractivity contribution in [3.8, 4) is 11.4 Å². The van der Waals surface area contributed by atoms with Gasteiger partial charge in [-0.2, -0.15) is 10.2 Å². The number of rotatable bonds is 13. The second kappa shape index (κ2) is 13.9. The van der Waals surface area contributed by atoms with Crippen LogP contribution in [0.1, 0.15) is 93.0 Å². The predicted octanol–water partition coefficient (Wildman–Crippen LogP) is 6.33. The van der Waals surface area contributed by atoms with E-state index in [1.54, 1.807) is 28.2 Å². The van der Waals surface area contributed by atoms with E-state index in [2.05, 4.69) is 58.5 Å². The molecule has 0 aliphatic heterocycles. The van der Waals surface area contributed by atoms with Crippen molar-refractivity contribution in [2.24, 2.45) is 0 Å². The molecular weight excluding hydrogens is 604 g/mol. The molecule has 0 spiro atoms. The van der Waals surface area contributed by atoms with Crippen molar-refractivity contribution in [3.63, 3.8) is 0 Å². The number of nitrogens with zero attached hydrogens (tertiary/aromatic N) is 6. The molecule has 48 heavy (non-hydrogen) atoms. The quantitative estimate of drug-likeness (QED) is 0.149. The zero-order valence-corrected chi connectivity index (χ0v) is 27.6. The third-order valence-electron chi connectivity index (χ3n) is 10.5. The third-order valence-corrected chi connectivity index (χ3v) is 10.5. The van der Waals surface area contributed by atoms with Gasteiger partial charge in [0.05, 0.1) is 24.4 Å². The lowest BCUT2D eigenvalue weighted by Gasteiger charge is -2.29. The van der Waals surface area contributed by atoms with Crippen LogP contribution in [-0.4, -0.2) is 53.7 Å². The Bertz CT molecular complexity index is 1810. The van der Waals surface area contributed by atoms with Gasteiger partial charge in [0.2, 0.25) is 0 Å². The smallest absolute Gasteiger partial charge is 0.350 e. The Morgan fingerprint density at radius 1 is 0.896 bits per heavy atom. The van der Waals surface area contributed by atoms with Crippen LogP contribution in [-0.2, 0) is 10.2 Å². The van der Waals surface area contributed by atoms with Gasteiger partial charge in [-0.25, -0.2) is 23.7 Å². The van der Waals surface area contributed by atoms with E-state index in [-0.39, 0.29) is 29.8 Å². The fourth-order valence-electron chi connectivity index (χ4n) is 7.26. The van der Waals surface area contributed by atoms with E-state index in [9.17, 15) is 9.90 Å². The van der Waals surface area contributed by atoms with Crippen LogP contribution in [0.5, 0.6) is 5.75 Å². The van der Waals surface area contributed by atoms with Crippen LogP contribution in [0.25, 0.3) is 5.69 Å². The topological polar surface area (TPSA) is 109 Å². The minimum atomic E-state index is -1.05. The molecular formula is C38H44N6O4. The lowest BCUT2D eigenvalue weighted by Crippen LogP contribution is -2.28. The molecule has 4 atom stereocenters. The van der Waals surface area contributed by atoms with E-state index in [4.69, 9.17) is 9.47 Å². The van der Waals surface area contributed by atoms with E-state index in [1.165, 1.54) is 16.7 Å². The molecule has 0 amide bonds. The lowest BCUT2D eigenvalue weighted by atomic mass is 9.76. The summed E-state index contributed by atoms with van der Waals surface area (Å²) in [7, 11) is 0. The zero-order chi connectivity index (χ0) is 33.1. The number of ether oxygens (including phenoxy) is 2. The van der Waals surface area contributed by atoms with Crippen molar-refractivity contribution >= 4 is 0 Å². The minimum absolute atomic E-state index is 0.0525. The summed E-state index contributed by atoms with van der Waals surface area (Å²) in [4.78, 5) is 16.9. The van der Waals surface area contributed by atoms with Crippen molar-refractivity contribution in [1.82, 2.24) is 29.1 Å². The standard InChI is InChI=1S/C38H44N6O4/c1-3-27(2)44-37(46)42(26-41-44)33-17-13-30(14-18-33)28-9-11-29(12-10-28)31-15-19-34(20-16-31)47-22-36(45)48-23-38(32-7-5-4-6-8-32)21-35(38)43-25-39-24-40-43/h4-8,13-20,24-29,35-36,45H,3,9-12,21-23H2,1-2H3/t27?,28?,29?,35?,36-,38+/m0/s1. The summed E-state index contributed by atoms with van der Waals surface area (Å²) in [5.74, 6) is 1.75. The Hall–Kier alpha value is -4.54. The number of hydrogen-bond acceptors (Lipinski definition) is 7. The predicted molar refractivity (Wildman–Crippen MR) is 182 cm³/mol. The average molecular weight is 649 g/mol. The van der Waals surface area contributed by atoms with Gasteiger partial charge < -0.3 is 14.6 Å². The summed E-state index contributed by atoms with van der Waals surface area (Å²) in [6.45, 7) is 4.48. The number of hydrogen-bond donors (Lipinski definition) is 1. The molecule has 1 N–H and O–H groups in total. The van der Waals surface area contributed by atoms with E-state index < -0.39 is 6.29 Å². The fraction of sp³-hybridized carbons (Fsp3) is 0.421. The molecule has 2 aliphatic rings. The summed E-state index contributed by atoms with van der Waals surface area (Å²) in [6, 6.07) is 27.2. The Morgan fingerprint density at radius 3 is 2.19 bits per heavy atom. The number of aliphatic hydroxyl groups excluding tert-OH is 1. The first kappa shape index (κ1) is 32.0. The van der Waals surface area contributed by atoms with Gasteiger partial charge in [0.25, 0.3) is 0 Å². The fourth-order valence-corrected chi connectivity index (χ4v) is 7.26. The molecule has 0 bridgehead atoms. The monoisotopic (exact) mass is 648 g/mol. The maximum Gasteiger partial charge on any atom is 0.350 e. The Morgan fingerprint density at radius 2 is 1.56 bits per heavy atom. The summed E-state index contributed by atoms with van der Waals surface area (Å²) >= 11 is 0. The zero-order valence-electron chi connectivity index (χ0n) is 27.6. The van der Waals surface area contributed by atoms with Crippen LogP contribution < -0.4 is 10.4 Å². The molecule has 0 radical (unpaired) electrons. The molecule has 10 heteroatoms. The summed E-state index contributed by atoms with van der Waals surface area (Å²) in [5.41, 5.74) is 4.32. The molecule has 0 saturated heterocycles. The molecule has 2 aromatic heterocycles. The number of benzene rings is 3. The Balaban J connectivity index is 0.883. The van der Waals surface area contributed by atoms with Crippen molar-refractivity contribution in [1.29, 1.82) is 0 Å². The third kappa shape index (κ3) is 6.59. The number of aliphatic hydroxyl groups is 1. The van der Waals surface area contributed by atoms with Crippen LogP contribution in [0, 0.1) is 0 Å². The Labute approximate surface area is 281 Å². The van der Waals surface area contributed by atoms with Gasteiger partial charge in [-0.05, 0) is 98.2 Å². The van der Waals surface area contributed by atoms with Crippen molar-refractivity contribution < 1.29 is 14.6 Å². The normalized spacial score (nSPS) is 23.4. The highest BCUT2D eigenvalue weighted by atomic mass is 16.6. The van der Waals surface area contributed by atoms with E-state index >= 15 is 0 Å². The van der Waals surface area contributed by atoms with Crippen LogP contribution in [0.15, 0.2) is 103 Å². The van der Waals surface area contributed by atoms with Crippen LogP contribution in [0.4, 0.5) is 0 Å². The van der Waals surface area contributed by atoms with Gasteiger partial charge in [0, 0.05) is 5.41 Å². The molecule has 2 unspecified atom stereocenters. The SMILES string of the molecule is CCC(C)n1ncn(-c2ccc(C3CCC(c4ccc(OC[C@@H](O)OC[C@@]5(c6ccccc6)CC5n5cncn5)cc4)CC3)cc2)c1=O. The highest BCUT2D eigenvalue weighted by Crippen LogP contribution is 2.57. The second-order valence-electron chi connectivity index (χ2n) is 13.4. The molecule has 250 valence electrons. The van der Waals surface area contributed by atoms with Gasteiger partial charge in [-0.15, -0.1) is 0 Å². The maximum atomic E-state index is 12.8. The van der Waals surface area contributed by atoms with Crippen molar-refractivity contribution in [3.05, 3.63) is 125 Å². The lowest BCUT2D eigenvalue weighted by molar-refractivity contribution is -0.125. The molecule has 2 aliphatic carbocycles. The molecule has 5 aromatic rings. The number of aromatic nitrogens is 6. The summed E-state index contributed by atoms with van der Waals surface area (Å²) in [6.07, 6.45) is 10.1. The molecule has 2 saturated carbocycles.